The number of hydrogen-bond donors (Lipinski definition) is 2. The van der Waals surface area contributed by atoms with E-state index in [2.05, 4.69) is 12.2 Å². The highest BCUT2D eigenvalue weighted by atomic mass is 16.3. The van der Waals surface area contributed by atoms with Crippen LogP contribution in [0.15, 0.2) is 0 Å². The van der Waals surface area contributed by atoms with Crippen LogP contribution in [0.3, 0.4) is 0 Å². The fraction of sp³-hybridized carbons (Fsp3) is 1.00. The summed E-state index contributed by atoms with van der Waals surface area (Å²) in [6.45, 7) is 2.53. The molecule has 60 valence electrons. The van der Waals surface area contributed by atoms with Crippen molar-refractivity contribution in [3.8, 4) is 0 Å². The molecule has 0 aromatic heterocycles. The number of aliphatic hydroxyl groups is 1. The molecule has 0 aromatic rings. The fourth-order valence-electron chi connectivity index (χ4n) is 1.86. The number of hydrogen-bond acceptors (Lipinski definition) is 2. The Labute approximate surface area is 62.6 Å². The predicted molar refractivity (Wildman–Crippen MR) is 41.9 cm³/mol. The zero-order chi connectivity index (χ0) is 7.61. The highest BCUT2D eigenvalue weighted by Gasteiger charge is 2.36. The van der Waals surface area contributed by atoms with Gasteiger partial charge in [-0.2, -0.15) is 0 Å². The average Bonchev–Trinajstić information content (AvgIpc) is 2.32. The van der Waals surface area contributed by atoms with E-state index in [4.69, 9.17) is 5.11 Å². The van der Waals surface area contributed by atoms with Crippen LogP contribution in [0.2, 0.25) is 0 Å². The zero-order valence-electron chi connectivity index (χ0n) is 6.85. The van der Waals surface area contributed by atoms with Crippen molar-refractivity contribution in [2.45, 2.75) is 31.7 Å². The summed E-state index contributed by atoms with van der Waals surface area (Å²) in [7, 11) is 1.98. The van der Waals surface area contributed by atoms with Gasteiger partial charge >= 0.3 is 0 Å². The first kappa shape index (κ1) is 8.02. The van der Waals surface area contributed by atoms with Gasteiger partial charge in [-0.05, 0) is 32.7 Å². The molecule has 1 fully saturated rings. The second kappa shape index (κ2) is 2.89. The molecule has 1 aliphatic rings. The molecule has 1 saturated carbocycles. The fourth-order valence-corrected chi connectivity index (χ4v) is 1.86. The Bertz CT molecular complexity index is 116. The summed E-state index contributed by atoms with van der Waals surface area (Å²) < 4.78 is 0. The smallest absolute Gasteiger partial charge is 0.0476 e. The maximum Gasteiger partial charge on any atom is 0.0476 e. The molecular formula is C8H17NO. The van der Waals surface area contributed by atoms with Crippen LogP contribution in [-0.2, 0) is 0 Å². The van der Waals surface area contributed by atoms with Crippen molar-refractivity contribution in [2.75, 3.05) is 13.7 Å². The third-order valence-corrected chi connectivity index (χ3v) is 2.94. The lowest BCUT2D eigenvalue weighted by molar-refractivity contribution is 0.164. The van der Waals surface area contributed by atoms with Gasteiger partial charge in [-0.3, -0.25) is 0 Å². The first-order valence-corrected chi connectivity index (χ1v) is 4.02. The van der Waals surface area contributed by atoms with E-state index in [0.29, 0.717) is 12.5 Å². The van der Waals surface area contributed by atoms with E-state index < -0.39 is 0 Å². The molecule has 0 amide bonds. The Morgan fingerprint density at radius 3 is 2.80 bits per heavy atom. The minimum Gasteiger partial charge on any atom is -0.396 e. The highest BCUT2D eigenvalue weighted by molar-refractivity contribution is 4.94. The summed E-state index contributed by atoms with van der Waals surface area (Å²) in [6, 6.07) is 0. The SMILES string of the molecule is CN[C@]1(C)CCC[C@@H]1CO. The maximum atomic E-state index is 8.99. The van der Waals surface area contributed by atoms with Crippen LogP contribution in [0.5, 0.6) is 0 Å². The van der Waals surface area contributed by atoms with Gasteiger partial charge in [0, 0.05) is 12.1 Å². The third kappa shape index (κ3) is 1.18. The molecule has 10 heavy (non-hydrogen) atoms. The molecule has 2 N–H and O–H groups in total. The van der Waals surface area contributed by atoms with Crippen LogP contribution in [0, 0.1) is 5.92 Å². The Morgan fingerprint density at radius 1 is 1.70 bits per heavy atom. The standard InChI is InChI=1S/C8H17NO/c1-8(9-2)5-3-4-7(8)6-10/h7,9-10H,3-6H2,1-2H3/t7-,8-/m1/s1. The highest BCUT2D eigenvalue weighted by Crippen LogP contribution is 2.34. The molecule has 0 heterocycles. The third-order valence-electron chi connectivity index (χ3n) is 2.94. The molecule has 0 saturated heterocycles. The van der Waals surface area contributed by atoms with E-state index in [1.54, 1.807) is 0 Å². The second-order valence-electron chi connectivity index (χ2n) is 3.44. The molecule has 1 aliphatic carbocycles. The molecule has 0 unspecified atom stereocenters. The molecule has 2 nitrogen and oxygen atoms in total. The first-order chi connectivity index (χ1) is 4.73. The Morgan fingerprint density at radius 2 is 2.40 bits per heavy atom. The number of nitrogens with one attached hydrogen (secondary N) is 1. The molecule has 1 rings (SSSR count). The van der Waals surface area contributed by atoms with Gasteiger partial charge in [-0.1, -0.05) is 6.42 Å². The lowest BCUT2D eigenvalue weighted by Gasteiger charge is -2.29. The summed E-state index contributed by atoms with van der Waals surface area (Å²) in [5.41, 5.74) is 0.203. The monoisotopic (exact) mass is 143 g/mol. The lowest BCUT2D eigenvalue weighted by Crippen LogP contribution is -2.44. The Balaban J connectivity index is 2.56. The summed E-state index contributed by atoms with van der Waals surface area (Å²) >= 11 is 0. The van der Waals surface area contributed by atoms with Crippen molar-refractivity contribution in [3.63, 3.8) is 0 Å². The molecular weight excluding hydrogens is 126 g/mol. The van der Waals surface area contributed by atoms with Gasteiger partial charge in [0.1, 0.15) is 0 Å². The summed E-state index contributed by atoms with van der Waals surface area (Å²) in [4.78, 5) is 0. The van der Waals surface area contributed by atoms with Crippen molar-refractivity contribution in [1.29, 1.82) is 0 Å². The van der Waals surface area contributed by atoms with Gasteiger partial charge in [-0.15, -0.1) is 0 Å². The molecule has 0 radical (unpaired) electrons. The molecule has 2 heteroatoms. The summed E-state index contributed by atoms with van der Waals surface area (Å²) in [5.74, 6) is 0.470. The van der Waals surface area contributed by atoms with E-state index in [-0.39, 0.29) is 5.54 Å². The van der Waals surface area contributed by atoms with Gasteiger partial charge in [0.05, 0.1) is 0 Å². The maximum absolute atomic E-state index is 8.99. The number of rotatable bonds is 2. The zero-order valence-corrected chi connectivity index (χ0v) is 6.85. The van der Waals surface area contributed by atoms with Gasteiger partial charge in [0.2, 0.25) is 0 Å². The van der Waals surface area contributed by atoms with Gasteiger partial charge in [0.15, 0.2) is 0 Å². The first-order valence-electron chi connectivity index (χ1n) is 4.02. The molecule has 0 bridgehead atoms. The Hall–Kier alpha value is -0.0800. The minimum absolute atomic E-state index is 0.203. The van der Waals surface area contributed by atoms with Crippen molar-refractivity contribution in [2.24, 2.45) is 5.92 Å². The van der Waals surface area contributed by atoms with Gasteiger partial charge in [-0.25, -0.2) is 0 Å². The van der Waals surface area contributed by atoms with Crippen LogP contribution in [-0.4, -0.2) is 24.3 Å². The van der Waals surface area contributed by atoms with Crippen molar-refractivity contribution in [3.05, 3.63) is 0 Å². The van der Waals surface area contributed by atoms with Crippen LogP contribution in [0.1, 0.15) is 26.2 Å². The minimum atomic E-state index is 0.203. The summed E-state index contributed by atoms with van der Waals surface area (Å²) in [5, 5.41) is 12.3. The Kier molecular flexibility index (Phi) is 2.32. The molecule has 2 atom stereocenters. The second-order valence-corrected chi connectivity index (χ2v) is 3.44. The van der Waals surface area contributed by atoms with E-state index in [0.717, 1.165) is 0 Å². The molecule has 0 spiro atoms. The van der Waals surface area contributed by atoms with Crippen LogP contribution < -0.4 is 5.32 Å². The molecule has 0 aromatic carbocycles. The van der Waals surface area contributed by atoms with Crippen LogP contribution in [0.25, 0.3) is 0 Å². The molecule has 0 aliphatic heterocycles. The van der Waals surface area contributed by atoms with Gasteiger partial charge in [0.25, 0.3) is 0 Å². The van der Waals surface area contributed by atoms with Crippen molar-refractivity contribution in [1.82, 2.24) is 5.32 Å². The van der Waals surface area contributed by atoms with E-state index in [1.165, 1.54) is 19.3 Å². The van der Waals surface area contributed by atoms with Crippen LogP contribution >= 0.6 is 0 Å². The van der Waals surface area contributed by atoms with Crippen LogP contribution in [0.4, 0.5) is 0 Å². The van der Waals surface area contributed by atoms with E-state index in [9.17, 15) is 0 Å². The normalized spacial score (nSPS) is 40.5. The van der Waals surface area contributed by atoms with E-state index >= 15 is 0 Å². The lowest BCUT2D eigenvalue weighted by atomic mass is 9.90. The number of aliphatic hydroxyl groups excluding tert-OH is 1. The largest absolute Gasteiger partial charge is 0.396 e. The predicted octanol–water partition coefficient (Wildman–Crippen LogP) is 0.757. The van der Waals surface area contributed by atoms with E-state index in [1.807, 2.05) is 7.05 Å². The van der Waals surface area contributed by atoms with Gasteiger partial charge < -0.3 is 10.4 Å². The van der Waals surface area contributed by atoms with Crippen molar-refractivity contribution >= 4 is 0 Å². The summed E-state index contributed by atoms with van der Waals surface area (Å²) in [6.07, 6.45) is 3.63. The topological polar surface area (TPSA) is 32.3 Å². The quantitative estimate of drug-likeness (QED) is 0.598. The average molecular weight is 143 g/mol. The van der Waals surface area contributed by atoms with Crippen molar-refractivity contribution < 1.29 is 5.11 Å².